The molecule has 0 spiro atoms. The number of methoxy groups -OCH3 is 2. The molecule has 1 heterocycles. The zero-order chi connectivity index (χ0) is 52.1. The molecule has 5 nitrogen and oxygen atoms in total. The van der Waals surface area contributed by atoms with E-state index in [-0.39, 0.29) is 11.3 Å². The van der Waals surface area contributed by atoms with Crippen LogP contribution in [0.4, 0.5) is 18.9 Å². The van der Waals surface area contributed by atoms with Gasteiger partial charge in [-0.05, 0) is 154 Å². The lowest BCUT2D eigenvalue weighted by molar-refractivity contribution is -0.137. The van der Waals surface area contributed by atoms with Gasteiger partial charge in [0.25, 0.3) is 5.91 Å². The molecule has 2 aliphatic carbocycles. The minimum atomic E-state index is -4.72. The predicted molar refractivity (Wildman–Crippen MR) is 297 cm³/mol. The van der Waals surface area contributed by atoms with Crippen LogP contribution in [0.3, 0.4) is 0 Å². The Kier molecular flexibility index (Phi) is 13.2. The molecule has 380 valence electrons. The van der Waals surface area contributed by atoms with Gasteiger partial charge in [-0.15, -0.1) is 0 Å². The van der Waals surface area contributed by atoms with Crippen LogP contribution in [-0.2, 0) is 17.2 Å². The van der Waals surface area contributed by atoms with E-state index in [0.29, 0.717) is 17.0 Å². The summed E-state index contributed by atoms with van der Waals surface area (Å²) in [6.07, 6.45) is 9.93. The molecular weight excluding hydrogens is 940 g/mol. The van der Waals surface area contributed by atoms with Crippen molar-refractivity contribution in [2.24, 2.45) is 5.92 Å². The van der Waals surface area contributed by atoms with Crippen molar-refractivity contribution in [2.45, 2.75) is 95.2 Å². The minimum absolute atomic E-state index is 0.0225. The van der Waals surface area contributed by atoms with Crippen LogP contribution in [0.25, 0.3) is 50.2 Å². The normalized spacial score (nSPS) is 17.1. The fraction of sp³-hybridized carbons (Fsp3) is 0.269. The number of halogens is 3. The second-order valence-corrected chi connectivity index (χ2v) is 21.2. The Morgan fingerprint density at radius 1 is 0.680 bits per heavy atom. The molecule has 8 heteroatoms. The average Bonchev–Trinajstić information content (AvgIpc) is 3.77. The van der Waals surface area contributed by atoms with Gasteiger partial charge in [0.05, 0.1) is 19.8 Å². The number of carbonyl (C=O) groups excluding carboxylic acids is 1. The molecule has 8 aromatic rings. The van der Waals surface area contributed by atoms with E-state index in [0.717, 1.165) is 90.1 Å². The van der Waals surface area contributed by atoms with Crippen LogP contribution in [-0.4, -0.2) is 20.1 Å². The molecule has 8 aromatic carbocycles. The summed E-state index contributed by atoms with van der Waals surface area (Å²) in [6.45, 7) is 6.60. The van der Waals surface area contributed by atoms with Crippen LogP contribution >= 0.6 is 0 Å². The van der Waals surface area contributed by atoms with Gasteiger partial charge in [-0.25, -0.2) is 0 Å². The topological polar surface area (TPSA) is 56.8 Å². The predicted octanol–water partition coefficient (Wildman–Crippen LogP) is 18.0. The van der Waals surface area contributed by atoms with Gasteiger partial charge in [-0.2, -0.15) is 13.2 Å². The Morgan fingerprint density at radius 2 is 1.29 bits per heavy atom. The summed E-state index contributed by atoms with van der Waals surface area (Å²) in [6, 6.07) is 49.6. The first-order valence-corrected chi connectivity index (χ1v) is 26.4. The van der Waals surface area contributed by atoms with Crippen molar-refractivity contribution in [3.05, 3.63) is 208 Å². The first kappa shape index (κ1) is 49.6. The van der Waals surface area contributed by atoms with E-state index >= 15 is 13.2 Å². The Bertz CT molecular complexity index is 3390. The molecule has 1 aliphatic heterocycles. The molecule has 0 unspecified atom stereocenters. The van der Waals surface area contributed by atoms with Gasteiger partial charge in [0.15, 0.2) is 5.60 Å². The molecule has 1 N–H and O–H groups in total. The number of hydrogen-bond acceptors (Lipinski definition) is 4. The van der Waals surface area contributed by atoms with Gasteiger partial charge >= 0.3 is 6.18 Å². The van der Waals surface area contributed by atoms with Gasteiger partial charge in [0, 0.05) is 38.7 Å². The summed E-state index contributed by atoms with van der Waals surface area (Å²) >= 11 is 0. The highest BCUT2D eigenvalue weighted by molar-refractivity contribution is 6.09. The quantitative estimate of drug-likeness (QED) is 0.117. The molecule has 1 amide bonds. The van der Waals surface area contributed by atoms with Crippen molar-refractivity contribution >= 4 is 28.4 Å². The lowest BCUT2D eigenvalue weighted by atomic mass is 9.76. The Hall–Kier alpha value is -7.58. The van der Waals surface area contributed by atoms with Crippen LogP contribution in [0.1, 0.15) is 127 Å². The smallest absolute Gasteiger partial charge is 0.417 e. The van der Waals surface area contributed by atoms with Crippen molar-refractivity contribution in [3.63, 3.8) is 0 Å². The number of hydrogen-bond donors (Lipinski definition) is 1. The first-order chi connectivity index (χ1) is 36.3. The summed E-state index contributed by atoms with van der Waals surface area (Å²) in [4.78, 5) is 13.6. The van der Waals surface area contributed by atoms with Crippen molar-refractivity contribution in [2.75, 3.05) is 19.5 Å². The molecular formula is C67H62F3NO4. The molecule has 0 saturated heterocycles. The number of carbonyl (C=O) groups is 1. The Balaban J connectivity index is 0.876. The number of ether oxygens (including phenoxy) is 3. The van der Waals surface area contributed by atoms with E-state index in [1.165, 1.54) is 63.0 Å². The average molecular weight is 1000 g/mol. The van der Waals surface area contributed by atoms with E-state index in [1.54, 1.807) is 38.5 Å². The van der Waals surface area contributed by atoms with Gasteiger partial charge in [0.1, 0.15) is 17.2 Å². The van der Waals surface area contributed by atoms with E-state index in [9.17, 15) is 4.79 Å². The molecule has 75 heavy (non-hydrogen) atoms. The van der Waals surface area contributed by atoms with Crippen LogP contribution < -0.4 is 19.5 Å². The van der Waals surface area contributed by atoms with E-state index in [1.807, 2.05) is 84.9 Å². The third-order valence-electron chi connectivity index (χ3n) is 16.4. The summed E-state index contributed by atoms with van der Waals surface area (Å²) in [5, 5.41) is 4.57. The van der Waals surface area contributed by atoms with Gasteiger partial charge in [-0.3, -0.25) is 4.79 Å². The van der Waals surface area contributed by atoms with Crippen molar-refractivity contribution in [1.82, 2.24) is 0 Å². The van der Waals surface area contributed by atoms with Crippen LogP contribution in [0.2, 0.25) is 0 Å². The molecule has 0 atom stereocenters. The minimum Gasteiger partial charge on any atom is -0.497 e. The molecule has 11 rings (SSSR count). The number of benzene rings is 8. The number of alkyl halides is 3. The highest BCUT2D eigenvalue weighted by Crippen LogP contribution is 2.59. The van der Waals surface area contributed by atoms with E-state index in [4.69, 9.17) is 14.2 Å². The molecule has 0 radical (unpaired) electrons. The van der Waals surface area contributed by atoms with Crippen LogP contribution in [0, 0.1) is 5.92 Å². The maximum Gasteiger partial charge on any atom is 0.417 e. The summed E-state index contributed by atoms with van der Waals surface area (Å²) in [5.41, 5.74) is 8.45. The van der Waals surface area contributed by atoms with E-state index < -0.39 is 28.7 Å². The number of amides is 1. The fourth-order valence-electron chi connectivity index (χ4n) is 12.3. The third kappa shape index (κ3) is 9.17. The second kappa shape index (κ2) is 19.9. The maximum atomic E-state index is 15.2. The molecule has 0 aromatic heterocycles. The zero-order valence-corrected chi connectivity index (χ0v) is 43.2. The number of fused-ring (bicyclic) bond motifs is 8. The number of unbranched alkanes of at least 4 members (excludes halogenated alkanes) is 2. The highest BCUT2D eigenvalue weighted by Gasteiger charge is 2.45. The van der Waals surface area contributed by atoms with Crippen molar-refractivity contribution < 1.29 is 32.2 Å². The zero-order valence-electron chi connectivity index (χ0n) is 43.2. The Morgan fingerprint density at radius 3 is 1.91 bits per heavy atom. The fourth-order valence-corrected chi connectivity index (χ4v) is 12.3. The molecule has 3 aliphatic rings. The highest BCUT2D eigenvalue weighted by atomic mass is 19.4. The SMILES string of the molecule is CCCCC[C@H]1CC[C@H](c2ccc(-c3ccc(C(=O)Nc4ccc(-c5ccc6c(c5)-c5c(c7c(c8ccccc58)OC(c5ccc(OC)cc5)(c5ccc(OC)cc5)C=C7)C6(C)C)c(C(F)(F)F)c4)cc3)cc2)CC1. The number of rotatable bonds is 13. The first-order valence-electron chi connectivity index (χ1n) is 26.4. The number of nitrogens with one attached hydrogen (secondary N) is 1. The Labute approximate surface area is 438 Å². The van der Waals surface area contributed by atoms with Crippen molar-refractivity contribution in [1.29, 1.82) is 0 Å². The summed E-state index contributed by atoms with van der Waals surface area (Å²) < 4.78 is 64.2. The number of anilines is 1. The van der Waals surface area contributed by atoms with Gasteiger partial charge in [0.2, 0.25) is 0 Å². The lowest BCUT2D eigenvalue weighted by Gasteiger charge is -2.38. The van der Waals surface area contributed by atoms with Crippen LogP contribution in [0.5, 0.6) is 17.2 Å². The largest absolute Gasteiger partial charge is 0.497 e. The van der Waals surface area contributed by atoms with Crippen LogP contribution in [0.15, 0.2) is 164 Å². The molecule has 0 bridgehead atoms. The summed E-state index contributed by atoms with van der Waals surface area (Å²) in [5.74, 6) is 3.15. The van der Waals surface area contributed by atoms with E-state index in [2.05, 4.69) is 74.6 Å². The van der Waals surface area contributed by atoms with Crippen molar-refractivity contribution in [3.8, 4) is 50.6 Å². The monoisotopic (exact) mass is 1000 g/mol. The van der Waals surface area contributed by atoms with Gasteiger partial charge < -0.3 is 19.5 Å². The van der Waals surface area contributed by atoms with Gasteiger partial charge in [-0.1, -0.05) is 156 Å². The third-order valence-corrected chi connectivity index (χ3v) is 16.4. The maximum absolute atomic E-state index is 15.2. The molecule has 1 saturated carbocycles. The summed E-state index contributed by atoms with van der Waals surface area (Å²) in [7, 11) is 3.28. The standard InChI is InChI=1S/C67H62F3NO4/c1-6-7-8-11-42-14-16-43(17-15-42)44-18-20-45(21-19-44)46-22-24-47(25-23-46)64(72)71-51-31-36-54(60(41-51)67(68,69)70)48-26-37-59-58(40-48)61-55-12-9-10-13-56(55)63-57(62(61)65(59,2)3)38-39-66(75-63,49-27-32-52(73-4)33-28-49)50-29-34-53(74-5)35-30-50/h9-10,12-13,18-43H,6-8,11,14-17H2,1-5H3,(H,71,72)/t42-,43-. The second-order valence-electron chi connectivity index (χ2n) is 21.2. The molecule has 1 fully saturated rings. The lowest BCUT2D eigenvalue weighted by Crippen LogP contribution is -2.35.